The Morgan fingerprint density at radius 1 is 0.892 bits per heavy atom. The van der Waals surface area contributed by atoms with Gasteiger partial charge in [0, 0.05) is 25.0 Å². The minimum Gasteiger partial charge on any atom is -0.379 e. The van der Waals surface area contributed by atoms with Crippen molar-refractivity contribution in [3.8, 4) is 16.8 Å². The number of hydrogen-bond donors (Lipinski definition) is 1. The zero-order valence-corrected chi connectivity index (χ0v) is 21.6. The van der Waals surface area contributed by atoms with Gasteiger partial charge < -0.3 is 10.5 Å². The number of aryl methyl sites for hydroxylation is 1. The summed E-state index contributed by atoms with van der Waals surface area (Å²) in [5.74, 6) is 0.00578. The third-order valence-corrected chi connectivity index (χ3v) is 7.23. The highest BCUT2D eigenvalue weighted by atomic mass is 16.5. The van der Waals surface area contributed by atoms with E-state index in [0.717, 1.165) is 38.5 Å². The number of ether oxygens (including phenoxy) is 1. The smallest absolute Gasteiger partial charge is 0.288 e. The second kappa shape index (κ2) is 10.3. The third-order valence-electron chi connectivity index (χ3n) is 7.23. The van der Waals surface area contributed by atoms with Crippen molar-refractivity contribution in [2.45, 2.75) is 32.7 Å². The molecule has 1 aromatic heterocycles. The van der Waals surface area contributed by atoms with E-state index in [4.69, 9.17) is 10.5 Å². The number of benzene rings is 3. The summed E-state index contributed by atoms with van der Waals surface area (Å²) in [6.07, 6.45) is 0. The highest BCUT2D eigenvalue weighted by Gasteiger charge is 2.23. The predicted octanol–water partition coefficient (Wildman–Crippen LogP) is 4.50. The molecule has 7 heteroatoms. The molecule has 190 valence electrons. The summed E-state index contributed by atoms with van der Waals surface area (Å²) >= 11 is 0. The van der Waals surface area contributed by atoms with Crippen LogP contribution in [0.2, 0.25) is 0 Å². The number of amides is 1. The Kier molecular flexibility index (Phi) is 6.91. The molecule has 0 radical (unpaired) electrons. The van der Waals surface area contributed by atoms with Crippen LogP contribution in [0.1, 0.15) is 47.0 Å². The first kappa shape index (κ1) is 24.9. The molecular formula is C30H33N5O2. The second-order valence-electron chi connectivity index (χ2n) is 10.1. The molecule has 0 spiro atoms. The fraction of sp³-hybridized carbons (Fsp3) is 0.300. The van der Waals surface area contributed by atoms with Gasteiger partial charge in [-0.15, -0.1) is 5.10 Å². The van der Waals surface area contributed by atoms with Crippen LogP contribution in [-0.4, -0.2) is 51.9 Å². The van der Waals surface area contributed by atoms with Crippen molar-refractivity contribution in [3.05, 3.63) is 101 Å². The van der Waals surface area contributed by atoms with Crippen LogP contribution >= 0.6 is 0 Å². The molecule has 7 nitrogen and oxygen atoms in total. The van der Waals surface area contributed by atoms with Crippen LogP contribution in [0, 0.1) is 6.92 Å². The van der Waals surface area contributed by atoms with Crippen molar-refractivity contribution in [1.82, 2.24) is 19.7 Å². The highest BCUT2D eigenvalue weighted by Crippen LogP contribution is 2.33. The molecule has 37 heavy (non-hydrogen) atoms. The first-order valence-corrected chi connectivity index (χ1v) is 12.7. The summed E-state index contributed by atoms with van der Waals surface area (Å²) < 4.78 is 7.09. The van der Waals surface area contributed by atoms with E-state index in [9.17, 15) is 4.79 Å². The van der Waals surface area contributed by atoms with E-state index in [1.807, 2.05) is 12.1 Å². The normalized spacial score (nSPS) is 14.6. The Morgan fingerprint density at radius 3 is 1.97 bits per heavy atom. The molecule has 4 aromatic rings. The minimum atomic E-state index is -0.632. The van der Waals surface area contributed by atoms with Crippen LogP contribution in [0.4, 0.5) is 0 Å². The lowest BCUT2D eigenvalue weighted by molar-refractivity contribution is 0.0342. The number of nitrogens with two attached hydrogens (primary N) is 1. The van der Waals surface area contributed by atoms with Gasteiger partial charge in [0.25, 0.3) is 5.91 Å². The van der Waals surface area contributed by atoms with E-state index in [1.54, 1.807) is 11.6 Å². The van der Waals surface area contributed by atoms with Crippen molar-refractivity contribution in [3.63, 3.8) is 0 Å². The van der Waals surface area contributed by atoms with Gasteiger partial charge in [-0.25, -0.2) is 9.67 Å². The summed E-state index contributed by atoms with van der Waals surface area (Å²) in [5.41, 5.74) is 12.2. The zero-order chi connectivity index (χ0) is 26.0. The average Bonchev–Trinajstić information content (AvgIpc) is 3.32. The van der Waals surface area contributed by atoms with Gasteiger partial charge in [-0.3, -0.25) is 9.69 Å². The highest BCUT2D eigenvalue weighted by molar-refractivity contribution is 5.88. The van der Waals surface area contributed by atoms with Crippen LogP contribution in [0.3, 0.4) is 0 Å². The maximum Gasteiger partial charge on any atom is 0.288 e. The number of morpholine rings is 1. The second-order valence-corrected chi connectivity index (χ2v) is 10.1. The SMILES string of the molecule is Cc1nc(C(N)=O)nn1-c1ccc(C(C)(C)c2ccc(-c3ccc(CN4CCOCC4)cc3)cc2)cc1. The van der Waals surface area contributed by atoms with Gasteiger partial charge in [0.05, 0.1) is 18.9 Å². The van der Waals surface area contributed by atoms with Crippen molar-refractivity contribution < 1.29 is 9.53 Å². The molecule has 2 N–H and O–H groups in total. The Bertz CT molecular complexity index is 1370. The lowest BCUT2D eigenvalue weighted by Gasteiger charge is -2.27. The minimum absolute atomic E-state index is 0.0220. The van der Waals surface area contributed by atoms with Gasteiger partial charge in [0.15, 0.2) is 0 Å². The number of primary amides is 1. The summed E-state index contributed by atoms with van der Waals surface area (Å²) in [5, 5.41) is 4.23. The monoisotopic (exact) mass is 495 g/mol. The van der Waals surface area contributed by atoms with E-state index < -0.39 is 5.91 Å². The van der Waals surface area contributed by atoms with Gasteiger partial charge in [-0.05, 0) is 46.9 Å². The molecule has 0 unspecified atom stereocenters. The number of rotatable bonds is 7. The molecular weight excluding hydrogens is 462 g/mol. The first-order valence-electron chi connectivity index (χ1n) is 12.7. The van der Waals surface area contributed by atoms with Crippen LogP contribution in [0.25, 0.3) is 16.8 Å². The summed E-state index contributed by atoms with van der Waals surface area (Å²) in [7, 11) is 0. The molecule has 3 aromatic carbocycles. The molecule has 1 fully saturated rings. The number of carbonyl (C=O) groups excluding carboxylic acids is 1. The quantitative estimate of drug-likeness (QED) is 0.408. The Morgan fingerprint density at radius 2 is 1.43 bits per heavy atom. The van der Waals surface area contributed by atoms with E-state index in [0.29, 0.717) is 5.82 Å². The van der Waals surface area contributed by atoms with E-state index in [-0.39, 0.29) is 11.2 Å². The van der Waals surface area contributed by atoms with E-state index in [1.165, 1.54) is 27.8 Å². The standard InChI is InChI=1S/C30H33N5O2/c1-21-32-29(28(31)36)33-35(21)27-14-12-26(13-15-27)30(2,3)25-10-8-24(9-11-25)23-6-4-22(5-7-23)20-34-16-18-37-19-17-34/h4-15H,16-20H2,1-3H3,(H2,31,36). The first-order chi connectivity index (χ1) is 17.8. The maximum atomic E-state index is 11.4. The van der Waals surface area contributed by atoms with E-state index in [2.05, 4.69) is 89.5 Å². The number of hydrogen-bond acceptors (Lipinski definition) is 5. The van der Waals surface area contributed by atoms with Gasteiger partial charge in [0.2, 0.25) is 5.82 Å². The third kappa shape index (κ3) is 5.33. The largest absolute Gasteiger partial charge is 0.379 e. The van der Waals surface area contributed by atoms with Crippen LogP contribution in [0.15, 0.2) is 72.8 Å². The molecule has 1 aliphatic rings. The molecule has 0 saturated carbocycles. The van der Waals surface area contributed by atoms with Crippen LogP contribution < -0.4 is 5.73 Å². The molecule has 0 bridgehead atoms. The molecule has 0 aliphatic carbocycles. The Hall–Kier alpha value is -3.81. The fourth-order valence-electron chi connectivity index (χ4n) is 4.82. The molecule has 2 heterocycles. The van der Waals surface area contributed by atoms with Crippen LogP contribution in [0.5, 0.6) is 0 Å². The molecule has 1 amide bonds. The molecule has 0 atom stereocenters. The average molecular weight is 496 g/mol. The Labute approximate surface area is 217 Å². The summed E-state index contributed by atoms with van der Waals surface area (Å²) in [6, 6.07) is 25.9. The Balaban J connectivity index is 1.30. The molecule has 5 rings (SSSR count). The van der Waals surface area contributed by atoms with Gasteiger partial charge in [-0.2, -0.15) is 0 Å². The van der Waals surface area contributed by atoms with Crippen molar-refractivity contribution in [2.75, 3.05) is 26.3 Å². The van der Waals surface area contributed by atoms with Gasteiger partial charge >= 0.3 is 0 Å². The lowest BCUT2D eigenvalue weighted by Crippen LogP contribution is -2.35. The topological polar surface area (TPSA) is 86.3 Å². The molecule has 1 aliphatic heterocycles. The summed E-state index contributed by atoms with van der Waals surface area (Å²) in [4.78, 5) is 18.0. The predicted molar refractivity (Wildman–Crippen MR) is 145 cm³/mol. The fourth-order valence-corrected chi connectivity index (χ4v) is 4.82. The number of nitrogens with zero attached hydrogens (tertiary/aromatic N) is 4. The number of aromatic nitrogens is 3. The van der Waals surface area contributed by atoms with Crippen molar-refractivity contribution >= 4 is 5.91 Å². The van der Waals surface area contributed by atoms with Crippen LogP contribution in [-0.2, 0) is 16.7 Å². The van der Waals surface area contributed by atoms with Crippen molar-refractivity contribution in [2.24, 2.45) is 5.73 Å². The van der Waals surface area contributed by atoms with Gasteiger partial charge in [0.1, 0.15) is 5.82 Å². The zero-order valence-electron chi connectivity index (χ0n) is 21.6. The molecule has 1 saturated heterocycles. The van der Waals surface area contributed by atoms with E-state index >= 15 is 0 Å². The van der Waals surface area contributed by atoms with Gasteiger partial charge in [-0.1, -0.05) is 74.5 Å². The summed E-state index contributed by atoms with van der Waals surface area (Å²) in [6.45, 7) is 10.9. The maximum absolute atomic E-state index is 11.4. The lowest BCUT2D eigenvalue weighted by atomic mass is 9.78. The van der Waals surface area contributed by atoms with Crippen molar-refractivity contribution in [1.29, 1.82) is 0 Å². The number of carbonyl (C=O) groups is 1.